The summed E-state index contributed by atoms with van der Waals surface area (Å²) in [7, 11) is 4.39. The molecule has 5 aliphatic rings. The van der Waals surface area contributed by atoms with Crippen LogP contribution in [0.2, 0.25) is 0 Å². The van der Waals surface area contributed by atoms with Gasteiger partial charge in [0.15, 0.2) is 0 Å². The molecule has 2 aromatic rings. The molecule has 5 nitrogen and oxygen atoms in total. The maximum atomic E-state index is 12.6. The Bertz CT molecular complexity index is 1730. The van der Waals surface area contributed by atoms with Crippen LogP contribution in [-0.2, 0) is 4.74 Å². The number of allylic oxidation sites excluding steroid dienone is 3. The summed E-state index contributed by atoms with van der Waals surface area (Å²) in [5.41, 5.74) is 7.37. The highest BCUT2D eigenvalue weighted by atomic mass is 16.5. The number of pyridine rings is 1. The molecule has 1 aromatic carbocycles. The number of benzene rings is 1. The Morgan fingerprint density at radius 1 is 0.944 bits per heavy atom. The largest absolute Gasteiger partial charge is 0.459 e. The SMILES string of the molecule is C=C(C)[C@@H]1CC[C@]2(CNCC(c3cccnc3)N(C)C)CC[C@]3(C)[C@H](CC[C@@H]4[C@@]5(C)CC=C(c6ccc(C(=O)OC(C)C)cc6)C(C)(C)[C@@H]5CC[C@]43C)[C@@H]12. The van der Waals surface area contributed by atoms with Gasteiger partial charge in [-0.2, -0.15) is 0 Å². The van der Waals surface area contributed by atoms with E-state index in [0.717, 1.165) is 25.4 Å². The first-order valence-electron chi connectivity index (χ1n) is 21.4. The first-order valence-corrected chi connectivity index (χ1v) is 21.4. The van der Waals surface area contributed by atoms with Crippen molar-refractivity contribution in [3.8, 4) is 0 Å². The van der Waals surface area contributed by atoms with Gasteiger partial charge in [0.25, 0.3) is 0 Å². The average Bonchev–Trinajstić information content (AvgIpc) is 3.50. The van der Waals surface area contributed by atoms with Crippen molar-refractivity contribution in [2.75, 3.05) is 27.2 Å². The summed E-state index contributed by atoms with van der Waals surface area (Å²) in [6.07, 6.45) is 18.2. The van der Waals surface area contributed by atoms with Crippen LogP contribution in [0.15, 0.2) is 67.0 Å². The Hall–Kier alpha value is -2.76. The van der Waals surface area contributed by atoms with Gasteiger partial charge in [0.2, 0.25) is 0 Å². The summed E-state index contributed by atoms with van der Waals surface area (Å²) in [4.78, 5) is 19.4. The molecule has 0 bridgehead atoms. The zero-order valence-corrected chi connectivity index (χ0v) is 35.4. The number of hydrogen-bond donors (Lipinski definition) is 1. The van der Waals surface area contributed by atoms with Gasteiger partial charge in [0, 0.05) is 31.5 Å². The van der Waals surface area contributed by atoms with Gasteiger partial charge in [-0.1, -0.05) is 71.0 Å². The van der Waals surface area contributed by atoms with E-state index in [1.165, 1.54) is 73.6 Å². The van der Waals surface area contributed by atoms with Crippen LogP contribution in [0.3, 0.4) is 0 Å². The number of likely N-dealkylation sites (N-methyl/N-ethyl adjacent to an activating group) is 1. The Balaban J connectivity index is 1.14. The molecule has 1 heterocycles. The number of carbonyl (C=O) groups excluding carboxylic acids is 1. The second kappa shape index (κ2) is 14.3. The van der Waals surface area contributed by atoms with E-state index in [1.54, 1.807) is 0 Å². The fourth-order valence-electron chi connectivity index (χ4n) is 14.4. The highest BCUT2D eigenvalue weighted by molar-refractivity contribution is 5.90. The van der Waals surface area contributed by atoms with E-state index >= 15 is 0 Å². The van der Waals surface area contributed by atoms with Gasteiger partial charge in [0.05, 0.1) is 11.7 Å². The third kappa shape index (κ3) is 6.27. The summed E-state index contributed by atoms with van der Waals surface area (Å²) in [5.74, 6) is 3.18. The van der Waals surface area contributed by atoms with Gasteiger partial charge in [-0.05, 0) is 184 Å². The van der Waals surface area contributed by atoms with Crippen LogP contribution in [0.1, 0.15) is 141 Å². The lowest BCUT2D eigenvalue weighted by atomic mass is 9.32. The molecule has 4 fully saturated rings. The van der Waals surface area contributed by atoms with Gasteiger partial charge in [-0.15, -0.1) is 0 Å². The first-order chi connectivity index (χ1) is 25.5. The summed E-state index contributed by atoms with van der Waals surface area (Å²) >= 11 is 0. The Morgan fingerprint density at radius 2 is 1.69 bits per heavy atom. The molecule has 10 atom stereocenters. The second-order valence-corrected chi connectivity index (χ2v) is 20.5. The number of rotatable bonds is 10. The minimum absolute atomic E-state index is 0.0517. The predicted octanol–water partition coefficient (Wildman–Crippen LogP) is 11.2. The summed E-state index contributed by atoms with van der Waals surface area (Å²) in [6, 6.07) is 12.9. The summed E-state index contributed by atoms with van der Waals surface area (Å²) < 4.78 is 5.48. The minimum atomic E-state index is -0.237. The highest BCUT2D eigenvalue weighted by Gasteiger charge is 2.70. The molecule has 0 spiro atoms. The van der Waals surface area contributed by atoms with E-state index in [2.05, 4.69) is 108 Å². The van der Waals surface area contributed by atoms with Crippen LogP contribution in [0.25, 0.3) is 5.57 Å². The van der Waals surface area contributed by atoms with Crippen molar-refractivity contribution in [2.24, 2.45) is 56.7 Å². The average molecular weight is 734 g/mol. The molecule has 54 heavy (non-hydrogen) atoms. The minimum Gasteiger partial charge on any atom is -0.459 e. The van der Waals surface area contributed by atoms with Crippen molar-refractivity contribution in [3.63, 3.8) is 0 Å². The quantitative estimate of drug-likeness (QED) is 0.195. The van der Waals surface area contributed by atoms with Crippen molar-refractivity contribution in [3.05, 3.63) is 83.7 Å². The molecule has 0 radical (unpaired) electrons. The summed E-state index contributed by atoms with van der Waals surface area (Å²) in [6.45, 7) is 26.1. The lowest BCUT2D eigenvalue weighted by Crippen LogP contribution is -2.65. The van der Waals surface area contributed by atoms with Crippen molar-refractivity contribution in [1.29, 1.82) is 0 Å². The highest BCUT2D eigenvalue weighted by Crippen LogP contribution is 2.77. The standard InChI is InChI=1S/C49H71N3O2/c1-32(2)37-20-25-49(31-51-30-40(52(10)11)36-13-12-28-50-29-36)27-26-47(8)39(43(37)49)18-19-42-46(7)23-21-38(45(5,6)41(46)22-24-48(42,47)9)34-14-16-35(17-15-34)44(53)54-33(3)4/h12-17,21,28-29,33,37,39-43,51H,1,18-20,22-27,30-31H2,2-11H3/t37-,39+,40?,41-,42+,43+,46-,47+,48+,49+/m0/s1. The monoisotopic (exact) mass is 734 g/mol. The molecular weight excluding hydrogens is 663 g/mol. The molecule has 294 valence electrons. The number of carbonyl (C=O) groups is 1. The van der Waals surface area contributed by atoms with Crippen molar-refractivity contribution >= 4 is 11.5 Å². The van der Waals surface area contributed by atoms with Crippen LogP contribution in [0.5, 0.6) is 0 Å². The fraction of sp³-hybridized carbons (Fsp3) is 0.673. The summed E-state index contributed by atoms with van der Waals surface area (Å²) in [5, 5.41) is 4.09. The van der Waals surface area contributed by atoms with Gasteiger partial charge in [0.1, 0.15) is 0 Å². The Morgan fingerprint density at radius 3 is 2.33 bits per heavy atom. The van der Waals surface area contributed by atoms with Crippen LogP contribution >= 0.6 is 0 Å². The van der Waals surface area contributed by atoms with Gasteiger partial charge in [-0.3, -0.25) is 4.98 Å². The number of nitrogens with one attached hydrogen (secondary N) is 1. The van der Waals surface area contributed by atoms with Gasteiger partial charge in [-0.25, -0.2) is 4.79 Å². The molecule has 1 aromatic heterocycles. The zero-order chi connectivity index (χ0) is 38.8. The normalized spacial score (nSPS) is 37.4. The van der Waals surface area contributed by atoms with Gasteiger partial charge >= 0.3 is 5.97 Å². The van der Waals surface area contributed by atoms with Crippen molar-refractivity contribution in [2.45, 2.75) is 125 Å². The molecule has 0 aliphatic heterocycles. The smallest absolute Gasteiger partial charge is 0.338 e. The van der Waals surface area contributed by atoms with E-state index in [9.17, 15) is 4.79 Å². The van der Waals surface area contributed by atoms with Crippen LogP contribution in [-0.4, -0.2) is 49.1 Å². The maximum absolute atomic E-state index is 12.6. The van der Waals surface area contributed by atoms with Crippen molar-refractivity contribution < 1.29 is 9.53 Å². The first kappa shape index (κ1) is 39.5. The van der Waals surface area contributed by atoms with E-state index in [0.29, 0.717) is 51.5 Å². The number of esters is 1. The van der Waals surface area contributed by atoms with Gasteiger partial charge < -0.3 is 15.0 Å². The molecule has 0 amide bonds. The molecule has 5 aliphatic carbocycles. The fourth-order valence-corrected chi connectivity index (χ4v) is 14.4. The number of fused-ring (bicyclic) bond motifs is 7. The Labute approximate surface area is 328 Å². The topological polar surface area (TPSA) is 54.5 Å². The number of ether oxygens (including phenoxy) is 1. The predicted molar refractivity (Wildman–Crippen MR) is 223 cm³/mol. The lowest BCUT2D eigenvalue weighted by Gasteiger charge is -2.72. The maximum Gasteiger partial charge on any atom is 0.338 e. The number of hydrogen-bond acceptors (Lipinski definition) is 5. The van der Waals surface area contributed by atoms with E-state index in [4.69, 9.17) is 4.74 Å². The third-order valence-electron chi connectivity index (χ3n) is 17.1. The van der Waals surface area contributed by atoms with E-state index in [-0.39, 0.29) is 22.9 Å². The molecule has 5 heteroatoms. The van der Waals surface area contributed by atoms with Crippen molar-refractivity contribution in [1.82, 2.24) is 15.2 Å². The Kier molecular flexibility index (Phi) is 10.5. The third-order valence-corrected chi connectivity index (χ3v) is 17.1. The molecule has 1 N–H and O–H groups in total. The van der Waals surface area contributed by atoms with Crippen LogP contribution < -0.4 is 5.32 Å². The molecule has 4 saturated carbocycles. The van der Waals surface area contributed by atoms with Crippen LogP contribution in [0.4, 0.5) is 0 Å². The zero-order valence-electron chi connectivity index (χ0n) is 35.4. The molecular formula is C49H71N3O2. The van der Waals surface area contributed by atoms with E-state index < -0.39 is 0 Å². The number of nitrogens with zero attached hydrogens (tertiary/aromatic N) is 2. The van der Waals surface area contributed by atoms with Crippen LogP contribution in [0, 0.1) is 56.7 Å². The molecule has 0 saturated heterocycles. The number of aromatic nitrogens is 1. The second-order valence-electron chi connectivity index (χ2n) is 20.5. The molecule has 1 unspecified atom stereocenters. The molecule has 7 rings (SSSR count). The lowest BCUT2D eigenvalue weighted by molar-refractivity contribution is -0.225. The van der Waals surface area contributed by atoms with E-state index in [1.807, 2.05) is 38.4 Å².